The van der Waals surface area contributed by atoms with Gasteiger partial charge in [0.15, 0.2) is 5.69 Å². The molecule has 0 saturated carbocycles. The molecule has 0 unspecified atom stereocenters. The van der Waals surface area contributed by atoms with Crippen LogP contribution in [-0.2, 0) is 22.9 Å². The van der Waals surface area contributed by atoms with Crippen molar-refractivity contribution in [2.24, 2.45) is 0 Å². The second kappa shape index (κ2) is 6.78. The highest BCUT2D eigenvalue weighted by Gasteiger charge is 2.33. The number of amides is 1. The lowest BCUT2D eigenvalue weighted by molar-refractivity contribution is -0.141. The molecule has 0 aliphatic carbocycles. The SMILES string of the molecule is COc1ccc(C(C)(C)C)cc1NC(=O)Cn1ccc(C(F)(F)F)n1. The van der Waals surface area contributed by atoms with Gasteiger partial charge in [-0.25, -0.2) is 0 Å². The number of halogens is 3. The Labute approximate surface area is 143 Å². The summed E-state index contributed by atoms with van der Waals surface area (Å²) in [5, 5.41) is 6.03. The molecular weight excluding hydrogens is 335 g/mol. The summed E-state index contributed by atoms with van der Waals surface area (Å²) in [6.45, 7) is 5.76. The fourth-order valence-corrected chi connectivity index (χ4v) is 2.21. The van der Waals surface area contributed by atoms with E-state index in [0.717, 1.165) is 22.5 Å². The van der Waals surface area contributed by atoms with E-state index in [1.807, 2.05) is 26.8 Å². The van der Waals surface area contributed by atoms with E-state index >= 15 is 0 Å². The van der Waals surface area contributed by atoms with Crippen LogP contribution in [0.2, 0.25) is 0 Å². The Kier molecular flexibility index (Phi) is 5.10. The highest BCUT2D eigenvalue weighted by Crippen LogP contribution is 2.31. The fraction of sp³-hybridized carbons (Fsp3) is 0.412. The van der Waals surface area contributed by atoms with Crippen LogP contribution in [0.15, 0.2) is 30.5 Å². The number of hydrogen-bond acceptors (Lipinski definition) is 3. The molecule has 8 heteroatoms. The van der Waals surface area contributed by atoms with Gasteiger partial charge in [-0.2, -0.15) is 18.3 Å². The molecule has 136 valence electrons. The van der Waals surface area contributed by atoms with Crippen molar-refractivity contribution in [2.75, 3.05) is 12.4 Å². The molecule has 0 aliphatic heterocycles. The van der Waals surface area contributed by atoms with Crippen molar-refractivity contribution in [1.82, 2.24) is 9.78 Å². The van der Waals surface area contributed by atoms with Crippen LogP contribution >= 0.6 is 0 Å². The zero-order valence-electron chi connectivity index (χ0n) is 14.4. The van der Waals surface area contributed by atoms with Gasteiger partial charge < -0.3 is 10.1 Å². The summed E-state index contributed by atoms with van der Waals surface area (Å²) in [5.41, 5.74) is 0.285. The van der Waals surface area contributed by atoms with Crippen molar-refractivity contribution in [3.05, 3.63) is 41.7 Å². The molecule has 5 nitrogen and oxygen atoms in total. The molecule has 0 bridgehead atoms. The molecule has 2 aromatic rings. The average molecular weight is 355 g/mol. The number of alkyl halides is 3. The number of anilines is 1. The maximum Gasteiger partial charge on any atom is 0.435 e. The van der Waals surface area contributed by atoms with Crippen molar-refractivity contribution in [2.45, 2.75) is 38.9 Å². The van der Waals surface area contributed by atoms with Crippen LogP contribution in [0, 0.1) is 0 Å². The molecule has 1 amide bonds. The number of ether oxygens (including phenoxy) is 1. The Hall–Kier alpha value is -2.51. The third-order valence-corrected chi connectivity index (χ3v) is 3.58. The normalized spacial score (nSPS) is 12.1. The molecule has 0 aliphatic rings. The monoisotopic (exact) mass is 355 g/mol. The van der Waals surface area contributed by atoms with E-state index in [1.54, 1.807) is 12.1 Å². The zero-order valence-corrected chi connectivity index (χ0v) is 14.4. The number of aromatic nitrogens is 2. The summed E-state index contributed by atoms with van der Waals surface area (Å²) in [6.07, 6.45) is -3.42. The minimum atomic E-state index is -4.54. The lowest BCUT2D eigenvalue weighted by atomic mass is 9.87. The molecule has 1 aromatic heterocycles. The zero-order chi connectivity index (χ0) is 18.8. The fourth-order valence-electron chi connectivity index (χ4n) is 2.21. The van der Waals surface area contributed by atoms with Gasteiger partial charge in [0.2, 0.25) is 5.91 Å². The Balaban J connectivity index is 2.16. The summed E-state index contributed by atoms with van der Waals surface area (Å²) < 4.78 is 43.8. The van der Waals surface area contributed by atoms with Gasteiger partial charge in [-0.15, -0.1) is 0 Å². The van der Waals surface area contributed by atoms with E-state index in [2.05, 4.69) is 10.4 Å². The van der Waals surface area contributed by atoms with E-state index in [0.29, 0.717) is 11.4 Å². The molecular formula is C17H20F3N3O2. The molecule has 1 N–H and O–H groups in total. The van der Waals surface area contributed by atoms with Gasteiger partial charge in [0.25, 0.3) is 0 Å². The molecule has 0 saturated heterocycles. The van der Waals surface area contributed by atoms with Crippen LogP contribution in [0.3, 0.4) is 0 Å². The van der Waals surface area contributed by atoms with E-state index in [-0.39, 0.29) is 12.0 Å². The standard InChI is InChI=1S/C17H20F3N3O2/c1-16(2,3)11-5-6-13(25-4)12(9-11)21-15(24)10-23-8-7-14(22-23)17(18,19)20/h5-9H,10H2,1-4H3,(H,21,24). The van der Waals surface area contributed by atoms with Crippen molar-refractivity contribution in [3.63, 3.8) is 0 Å². The van der Waals surface area contributed by atoms with Crippen molar-refractivity contribution in [3.8, 4) is 5.75 Å². The third kappa shape index (κ3) is 4.74. The van der Waals surface area contributed by atoms with E-state index in [4.69, 9.17) is 4.74 Å². The quantitative estimate of drug-likeness (QED) is 0.906. The van der Waals surface area contributed by atoms with Crippen molar-refractivity contribution >= 4 is 11.6 Å². The van der Waals surface area contributed by atoms with Crippen LogP contribution in [0.4, 0.5) is 18.9 Å². The lowest BCUT2D eigenvalue weighted by Crippen LogP contribution is -2.21. The van der Waals surface area contributed by atoms with E-state index in [9.17, 15) is 18.0 Å². The van der Waals surface area contributed by atoms with Crippen LogP contribution in [0.1, 0.15) is 32.0 Å². The minimum absolute atomic E-state index is 0.130. The highest BCUT2D eigenvalue weighted by atomic mass is 19.4. The van der Waals surface area contributed by atoms with Gasteiger partial charge >= 0.3 is 6.18 Å². The van der Waals surface area contributed by atoms with Crippen molar-refractivity contribution in [1.29, 1.82) is 0 Å². The molecule has 0 spiro atoms. The first-order valence-corrected chi connectivity index (χ1v) is 7.60. The van der Waals surface area contributed by atoms with Gasteiger partial charge in [0, 0.05) is 6.20 Å². The van der Waals surface area contributed by atoms with Crippen LogP contribution in [-0.4, -0.2) is 22.8 Å². The number of hydrogen-bond donors (Lipinski definition) is 1. The lowest BCUT2D eigenvalue weighted by Gasteiger charge is -2.21. The highest BCUT2D eigenvalue weighted by molar-refractivity contribution is 5.92. The predicted molar refractivity (Wildman–Crippen MR) is 87.6 cm³/mol. The van der Waals surface area contributed by atoms with Gasteiger partial charge in [-0.1, -0.05) is 26.8 Å². The summed E-state index contributed by atoms with van der Waals surface area (Å²) >= 11 is 0. The number of carbonyl (C=O) groups is 1. The second-order valence-corrected chi connectivity index (χ2v) is 6.61. The largest absolute Gasteiger partial charge is 0.495 e. The number of rotatable bonds is 4. The smallest absolute Gasteiger partial charge is 0.435 e. The van der Waals surface area contributed by atoms with Gasteiger partial charge in [-0.3, -0.25) is 9.48 Å². The minimum Gasteiger partial charge on any atom is -0.495 e. The Bertz CT molecular complexity index is 761. The summed E-state index contributed by atoms with van der Waals surface area (Å²) in [4.78, 5) is 12.2. The maximum atomic E-state index is 12.5. The molecule has 25 heavy (non-hydrogen) atoms. The summed E-state index contributed by atoms with van der Waals surface area (Å²) in [6, 6.07) is 6.26. The topological polar surface area (TPSA) is 56.1 Å². The van der Waals surface area contributed by atoms with E-state index < -0.39 is 17.8 Å². The first kappa shape index (κ1) is 18.8. The summed E-state index contributed by atoms with van der Waals surface area (Å²) in [7, 11) is 1.48. The van der Waals surface area contributed by atoms with Crippen LogP contribution in [0.5, 0.6) is 5.75 Å². The maximum absolute atomic E-state index is 12.5. The molecule has 0 atom stereocenters. The van der Waals surface area contributed by atoms with Crippen molar-refractivity contribution < 1.29 is 22.7 Å². The second-order valence-electron chi connectivity index (χ2n) is 6.61. The van der Waals surface area contributed by atoms with Gasteiger partial charge in [0.05, 0.1) is 12.8 Å². The summed E-state index contributed by atoms with van der Waals surface area (Å²) in [5.74, 6) is -0.0287. The first-order valence-electron chi connectivity index (χ1n) is 7.60. The number of benzene rings is 1. The van der Waals surface area contributed by atoms with Crippen LogP contribution in [0.25, 0.3) is 0 Å². The predicted octanol–water partition coefficient (Wildman–Crippen LogP) is 3.85. The third-order valence-electron chi connectivity index (χ3n) is 3.58. The number of nitrogens with one attached hydrogen (secondary N) is 1. The van der Waals surface area contributed by atoms with Crippen LogP contribution < -0.4 is 10.1 Å². The molecule has 0 fully saturated rings. The number of methoxy groups -OCH3 is 1. The molecule has 2 rings (SSSR count). The molecule has 1 aromatic carbocycles. The van der Waals surface area contributed by atoms with Gasteiger partial charge in [0.1, 0.15) is 12.3 Å². The Morgan fingerprint density at radius 2 is 1.92 bits per heavy atom. The average Bonchev–Trinajstić information content (AvgIpc) is 2.94. The number of carbonyl (C=O) groups excluding carboxylic acids is 1. The van der Waals surface area contributed by atoms with Gasteiger partial charge in [-0.05, 0) is 29.2 Å². The Morgan fingerprint density at radius 1 is 1.24 bits per heavy atom. The molecule has 1 heterocycles. The molecule has 0 radical (unpaired) electrons. The first-order chi connectivity index (χ1) is 11.5. The van der Waals surface area contributed by atoms with E-state index in [1.165, 1.54) is 7.11 Å². The number of nitrogens with zero attached hydrogens (tertiary/aromatic N) is 2. The Morgan fingerprint density at radius 3 is 2.44 bits per heavy atom.